The van der Waals surface area contributed by atoms with Crippen molar-refractivity contribution >= 4 is 57.4 Å². The minimum Gasteiger partial charge on any atom is -0.481 e. The Labute approximate surface area is 267 Å². The monoisotopic (exact) mass is 648 g/mol. The van der Waals surface area contributed by atoms with E-state index in [9.17, 15) is 39.0 Å². The standard InChI is InChI=1S/C32H36N6O9/c33-21(13-17-15-34-22-7-3-1-5-19(17)22)29(43)38-26(14-18-16-35-23-8-4-2-6-20(18)23)31(45)36-24(9-11-27(39)40)30(44)37-25(32(46)47)10-12-28(41)42/h1-8,15-16,21,24-26,34-35H,9-14,33H2,(H,36,45)(H,37,44)(H,38,43)(H,39,40)(H,41,42)(H,46,47). The van der Waals surface area contributed by atoms with Crippen molar-refractivity contribution in [3.8, 4) is 0 Å². The number of aliphatic carboxylic acids is 3. The number of H-pyrrole nitrogens is 2. The molecule has 0 spiro atoms. The Bertz CT molecular complexity index is 1780. The Morgan fingerprint density at radius 3 is 1.60 bits per heavy atom. The largest absolute Gasteiger partial charge is 0.481 e. The van der Waals surface area contributed by atoms with E-state index >= 15 is 0 Å². The fourth-order valence-electron chi connectivity index (χ4n) is 5.25. The Kier molecular flexibility index (Phi) is 11.3. The number of benzene rings is 2. The Morgan fingerprint density at radius 1 is 0.617 bits per heavy atom. The molecule has 3 amide bonds. The molecule has 4 aromatic rings. The van der Waals surface area contributed by atoms with Gasteiger partial charge in [0.15, 0.2) is 0 Å². The maximum atomic E-state index is 13.7. The topological polar surface area (TPSA) is 257 Å². The van der Waals surface area contributed by atoms with Gasteiger partial charge >= 0.3 is 17.9 Å². The number of rotatable bonds is 17. The molecule has 248 valence electrons. The molecular formula is C32H36N6O9. The number of aromatic nitrogens is 2. The summed E-state index contributed by atoms with van der Waals surface area (Å²) in [6, 6.07) is 9.31. The summed E-state index contributed by atoms with van der Waals surface area (Å²) in [5.74, 6) is -6.57. The van der Waals surface area contributed by atoms with Crippen LogP contribution in [0.4, 0.5) is 0 Å². The van der Waals surface area contributed by atoms with Crippen LogP contribution >= 0.6 is 0 Å². The predicted octanol–water partition coefficient (Wildman–Crippen LogP) is 1.03. The minimum atomic E-state index is -1.60. The highest BCUT2D eigenvalue weighted by molar-refractivity contribution is 5.95. The van der Waals surface area contributed by atoms with Crippen LogP contribution in [-0.2, 0) is 41.6 Å². The third kappa shape index (κ3) is 9.17. The molecule has 2 aromatic carbocycles. The zero-order chi connectivity index (χ0) is 34.1. The van der Waals surface area contributed by atoms with Crippen LogP contribution < -0.4 is 21.7 Å². The number of nitrogens with two attached hydrogens (primary N) is 1. The van der Waals surface area contributed by atoms with Gasteiger partial charge in [-0.15, -0.1) is 0 Å². The second-order valence-electron chi connectivity index (χ2n) is 11.1. The van der Waals surface area contributed by atoms with Crippen molar-refractivity contribution in [3.05, 3.63) is 72.1 Å². The molecule has 15 heteroatoms. The van der Waals surface area contributed by atoms with Crippen LogP contribution in [0.1, 0.15) is 36.8 Å². The van der Waals surface area contributed by atoms with E-state index in [4.69, 9.17) is 10.8 Å². The second kappa shape index (κ2) is 15.5. The van der Waals surface area contributed by atoms with Crippen LogP contribution in [0.5, 0.6) is 0 Å². The number of carboxylic acid groups (broad SMARTS) is 3. The number of carbonyl (C=O) groups is 6. The van der Waals surface area contributed by atoms with E-state index in [0.29, 0.717) is 5.56 Å². The van der Waals surface area contributed by atoms with E-state index in [1.54, 1.807) is 18.5 Å². The third-order valence-electron chi connectivity index (χ3n) is 7.72. The molecule has 0 fully saturated rings. The first-order chi connectivity index (χ1) is 22.4. The van der Waals surface area contributed by atoms with Gasteiger partial charge in [0.2, 0.25) is 17.7 Å². The van der Waals surface area contributed by atoms with Gasteiger partial charge in [-0.1, -0.05) is 36.4 Å². The summed E-state index contributed by atoms with van der Waals surface area (Å²) in [7, 11) is 0. The molecule has 4 atom stereocenters. The average Bonchev–Trinajstić information content (AvgIpc) is 3.64. The number of nitrogens with one attached hydrogen (secondary N) is 5. The second-order valence-corrected chi connectivity index (χ2v) is 11.1. The Balaban J connectivity index is 1.55. The van der Waals surface area contributed by atoms with E-state index in [0.717, 1.165) is 27.4 Å². The van der Waals surface area contributed by atoms with Crippen molar-refractivity contribution in [1.82, 2.24) is 25.9 Å². The van der Waals surface area contributed by atoms with Gasteiger partial charge < -0.3 is 47.0 Å². The first kappa shape index (κ1) is 34.2. The number of hydrogen-bond donors (Lipinski definition) is 9. The molecule has 0 saturated heterocycles. The number of fused-ring (bicyclic) bond motifs is 2. The van der Waals surface area contributed by atoms with Gasteiger partial charge in [0.1, 0.15) is 18.1 Å². The first-order valence-electron chi connectivity index (χ1n) is 14.9. The van der Waals surface area contributed by atoms with E-state index in [1.807, 2.05) is 42.5 Å². The lowest BCUT2D eigenvalue weighted by Crippen LogP contribution is -2.57. The number of carbonyl (C=O) groups excluding carboxylic acids is 3. The number of amides is 3. The maximum Gasteiger partial charge on any atom is 0.326 e. The smallest absolute Gasteiger partial charge is 0.326 e. The summed E-state index contributed by atoms with van der Waals surface area (Å²) in [5, 5.41) is 36.7. The summed E-state index contributed by atoms with van der Waals surface area (Å²) >= 11 is 0. The average molecular weight is 649 g/mol. The normalized spacial score (nSPS) is 13.7. The maximum absolute atomic E-state index is 13.7. The summed E-state index contributed by atoms with van der Waals surface area (Å²) in [6.07, 6.45) is 1.58. The summed E-state index contributed by atoms with van der Waals surface area (Å²) in [5.41, 5.74) is 9.39. The fraction of sp³-hybridized carbons (Fsp3) is 0.312. The van der Waals surface area contributed by atoms with Crippen molar-refractivity contribution in [3.63, 3.8) is 0 Å². The first-order valence-corrected chi connectivity index (χ1v) is 14.9. The highest BCUT2D eigenvalue weighted by Gasteiger charge is 2.31. The number of aromatic amines is 2. The van der Waals surface area contributed by atoms with Gasteiger partial charge in [-0.3, -0.25) is 24.0 Å². The van der Waals surface area contributed by atoms with Gasteiger partial charge in [0, 0.05) is 53.5 Å². The lowest BCUT2D eigenvalue weighted by molar-refractivity contribution is -0.144. The van der Waals surface area contributed by atoms with Crippen molar-refractivity contribution < 1.29 is 44.1 Å². The lowest BCUT2D eigenvalue weighted by Gasteiger charge is -2.25. The molecule has 0 saturated carbocycles. The zero-order valence-electron chi connectivity index (χ0n) is 25.2. The van der Waals surface area contributed by atoms with Crippen molar-refractivity contribution in [2.24, 2.45) is 5.73 Å². The highest BCUT2D eigenvalue weighted by Crippen LogP contribution is 2.21. The van der Waals surface area contributed by atoms with Crippen LogP contribution in [0, 0.1) is 0 Å². The van der Waals surface area contributed by atoms with E-state index in [2.05, 4.69) is 25.9 Å². The SMILES string of the molecule is NC(Cc1c[nH]c2ccccc12)C(=O)NC(Cc1c[nH]c2ccccc12)C(=O)NC(CCC(=O)O)C(=O)NC(CCC(=O)O)C(=O)O. The molecule has 0 radical (unpaired) electrons. The van der Waals surface area contributed by atoms with Gasteiger partial charge in [0.05, 0.1) is 6.04 Å². The van der Waals surface area contributed by atoms with Crippen molar-refractivity contribution in [1.29, 1.82) is 0 Å². The van der Waals surface area contributed by atoms with Gasteiger partial charge in [-0.05, 0) is 42.5 Å². The molecule has 2 heterocycles. The van der Waals surface area contributed by atoms with Gasteiger partial charge in [-0.25, -0.2) is 4.79 Å². The molecule has 10 N–H and O–H groups in total. The van der Waals surface area contributed by atoms with Gasteiger partial charge in [-0.2, -0.15) is 0 Å². The van der Waals surface area contributed by atoms with Crippen LogP contribution in [-0.4, -0.2) is 85.1 Å². The quantitative estimate of drug-likeness (QED) is 0.0785. The Morgan fingerprint density at radius 2 is 1.06 bits per heavy atom. The molecule has 4 unspecified atom stereocenters. The summed E-state index contributed by atoms with van der Waals surface area (Å²) < 4.78 is 0. The third-order valence-corrected chi connectivity index (χ3v) is 7.72. The lowest BCUT2D eigenvalue weighted by atomic mass is 10.0. The minimum absolute atomic E-state index is 0.0367. The molecule has 0 aliphatic carbocycles. The van der Waals surface area contributed by atoms with Crippen molar-refractivity contribution in [2.75, 3.05) is 0 Å². The molecule has 15 nitrogen and oxygen atoms in total. The van der Waals surface area contributed by atoms with Crippen LogP contribution in [0.3, 0.4) is 0 Å². The molecule has 0 bridgehead atoms. The number of para-hydroxylation sites is 2. The van der Waals surface area contributed by atoms with Crippen LogP contribution in [0.15, 0.2) is 60.9 Å². The predicted molar refractivity (Wildman–Crippen MR) is 169 cm³/mol. The van der Waals surface area contributed by atoms with E-state index < -0.39 is 85.5 Å². The summed E-state index contributed by atoms with van der Waals surface area (Å²) in [6.45, 7) is 0. The molecule has 4 rings (SSSR count). The molecule has 0 aliphatic rings. The molecular weight excluding hydrogens is 612 g/mol. The number of hydrogen-bond acceptors (Lipinski definition) is 7. The van der Waals surface area contributed by atoms with Crippen LogP contribution in [0.2, 0.25) is 0 Å². The van der Waals surface area contributed by atoms with Crippen molar-refractivity contribution in [2.45, 2.75) is 62.7 Å². The zero-order valence-corrected chi connectivity index (χ0v) is 25.2. The Hall–Kier alpha value is -5.70. The van der Waals surface area contributed by atoms with Crippen LogP contribution in [0.25, 0.3) is 21.8 Å². The summed E-state index contributed by atoms with van der Waals surface area (Å²) in [4.78, 5) is 80.5. The van der Waals surface area contributed by atoms with E-state index in [1.165, 1.54) is 0 Å². The van der Waals surface area contributed by atoms with E-state index in [-0.39, 0.29) is 12.8 Å². The molecule has 0 aliphatic heterocycles. The number of carboxylic acids is 3. The molecule has 2 aromatic heterocycles. The fourth-order valence-corrected chi connectivity index (χ4v) is 5.25. The highest BCUT2D eigenvalue weighted by atomic mass is 16.4. The molecule has 47 heavy (non-hydrogen) atoms. The van der Waals surface area contributed by atoms with Gasteiger partial charge in [0.25, 0.3) is 0 Å².